The van der Waals surface area contributed by atoms with Crippen molar-refractivity contribution in [2.75, 3.05) is 6.54 Å². The summed E-state index contributed by atoms with van der Waals surface area (Å²) in [5.74, 6) is -2.31. The number of hydrogen-bond acceptors (Lipinski definition) is 6. The van der Waals surface area contributed by atoms with Gasteiger partial charge in [0.25, 0.3) is 11.5 Å². The summed E-state index contributed by atoms with van der Waals surface area (Å²) in [6.07, 6.45) is 1.53. The number of benzene rings is 1. The number of carbonyl (C=O) groups is 2. The second-order valence-corrected chi connectivity index (χ2v) is 8.90. The molecule has 0 fully saturated rings. The Labute approximate surface area is 194 Å². The molecule has 0 bridgehead atoms. The third kappa shape index (κ3) is 5.96. The van der Waals surface area contributed by atoms with E-state index in [1.165, 1.54) is 40.9 Å². The zero-order valence-electron chi connectivity index (χ0n) is 17.7. The van der Waals surface area contributed by atoms with Crippen LogP contribution in [0, 0.1) is 0 Å². The number of hydrogen-bond donors (Lipinski definition) is 5. The van der Waals surface area contributed by atoms with E-state index < -0.39 is 40.0 Å². The smallest absolute Gasteiger partial charge is 0.323 e. The molecule has 0 aliphatic rings. The summed E-state index contributed by atoms with van der Waals surface area (Å²) in [6.45, 7) is -0.376. The number of guanidine groups is 1. The topological polar surface area (TPSA) is 198 Å². The van der Waals surface area contributed by atoms with Crippen LogP contribution in [-0.4, -0.2) is 48.3 Å². The summed E-state index contributed by atoms with van der Waals surface area (Å²) >= 11 is 0. The van der Waals surface area contributed by atoms with Crippen LogP contribution in [0.4, 0.5) is 0 Å². The zero-order chi connectivity index (χ0) is 24.9. The Balaban J connectivity index is 1.75. The number of aliphatic imine (C=N–C) groups is 1. The van der Waals surface area contributed by atoms with Crippen molar-refractivity contribution in [3.05, 3.63) is 82.3 Å². The Morgan fingerprint density at radius 2 is 1.79 bits per heavy atom. The van der Waals surface area contributed by atoms with E-state index in [4.69, 9.17) is 11.5 Å². The number of carboxylic acid groups (broad SMARTS) is 1. The van der Waals surface area contributed by atoms with Crippen molar-refractivity contribution in [1.29, 1.82) is 0 Å². The fraction of sp³-hybridized carbons (Fsp3) is 0.143. The maximum Gasteiger partial charge on any atom is 0.323 e. The molecular formula is C21H22N6O6S. The average Bonchev–Trinajstić information content (AvgIpc) is 2.80. The molecular weight excluding hydrogens is 464 g/mol. The summed E-state index contributed by atoms with van der Waals surface area (Å²) in [4.78, 5) is 40.4. The molecule has 3 rings (SSSR count). The van der Waals surface area contributed by atoms with Crippen molar-refractivity contribution in [3.63, 3.8) is 0 Å². The van der Waals surface area contributed by atoms with Crippen LogP contribution < -0.4 is 27.1 Å². The number of rotatable bonds is 9. The number of fused-ring (bicyclic) bond motifs is 1. The number of aliphatic carboxylic acids is 1. The Morgan fingerprint density at radius 1 is 1.09 bits per heavy atom. The number of pyridine rings is 2. The number of nitrogens with one attached hydrogen (secondary N) is 2. The largest absolute Gasteiger partial charge is 0.480 e. The van der Waals surface area contributed by atoms with Crippen molar-refractivity contribution < 1.29 is 23.1 Å². The van der Waals surface area contributed by atoms with Crippen LogP contribution >= 0.6 is 0 Å². The first-order valence-electron chi connectivity index (χ1n) is 9.86. The van der Waals surface area contributed by atoms with E-state index in [0.717, 1.165) is 6.07 Å². The fourth-order valence-corrected chi connectivity index (χ4v) is 4.22. The molecule has 1 amide bonds. The number of amides is 1. The third-order valence-electron chi connectivity index (χ3n) is 4.68. The number of nitrogens with two attached hydrogens (primary N) is 2. The van der Waals surface area contributed by atoms with Gasteiger partial charge in [-0.2, -0.15) is 4.72 Å². The van der Waals surface area contributed by atoms with E-state index in [1.54, 1.807) is 18.2 Å². The van der Waals surface area contributed by atoms with Crippen LogP contribution in [0.1, 0.15) is 15.9 Å². The number of nitrogens with zero attached hydrogens (tertiary/aromatic N) is 2. The van der Waals surface area contributed by atoms with Gasteiger partial charge in [0, 0.05) is 29.9 Å². The minimum absolute atomic E-state index is 0.0166. The molecule has 3 aromatic rings. The molecule has 0 radical (unpaired) electrons. The third-order valence-corrected chi connectivity index (χ3v) is 6.17. The maximum absolute atomic E-state index is 12.6. The van der Waals surface area contributed by atoms with Crippen LogP contribution in [0.5, 0.6) is 0 Å². The van der Waals surface area contributed by atoms with E-state index in [2.05, 4.69) is 10.3 Å². The minimum Gasteiger partial charge on any atom is -0.480 e. The molecule has 2 aromatic heterocycles. The first-order valence-corrected chi connectivity index (χ1v) is 11.3. The molecule has 7 N–H and O–H groups in total. The van der Waals surface area contributed by atoms with E-state index in [0.29, 0.717) is 11.1 Å². The van der Waals surface area contributed by atoms with Gasteiger partial charge in [-0.25, -0.2) is 13.4 Å². The van der Waals surface area contributed by atoms with Crippen molar-refractivity contribution in [3.8, 4) is 0 Å². The molecule has 0 aliphatic heterocycles. The second kappa shape index (κ2) is 10.1. The van der Waals surface area contributed by atoms with E-state index in [1.807, 2.05) is 4.72 Å². The molecule has 0 spiro atoms. The summed E-state index contributed by atoms with van der Waals surface area (Å²) in [5.41, 5.74) is 11.2. The SMILES string of the molecule is NC(N)=NCc1ccc2cc(C(=O)NC[C@H](NS(=O)(=O)c3ccccc3)C(=O)O)cc(=O)n2c1. The van der Waals surface area contributed by atoms with Crippen LogP contribution in [0.2, 0.25) is 0 Å². The number of carbonyl (C=O) groups excluding carboxylic acids is 1. The van der Waals surface area contributed by atoms with Gasteiger partial charge in [-0.15, -0.1) is 0 Å². The summed E-state index contributed by atoms with van der Waals surface area (Å²) in [5, 5.41) is 11.8. The lowest BCUT2D eigenvalue weighted by Gasteiger charge is -2.16. The average molecular weight is 487 g/mol. The van der Waals surface area contributed by atoms with Crippen molar-refractivity contribution in [1.82, 2.24) is 14.4 Å². The minimum atomic E-state index is -4.13. The molecule has 1 aromatic carbocycles. The highest BCUT2D eigenvalue weighted by Gasteiger charge is 2.26. The predicted octanol–water partition coefficient (Wildman–Crippen LogP) is -0.766. The molecule has 2 heterocycles. The summed E-state index contributed by atoms with van der Waals surface area (Å²) in [6, 6.07) is 11.4. The lowest BCUT2D eigenvalue weighted by atomic mass is 10.2. The monoisotopic (exact) mass is 486 g/mol. The number of sulfonamides is 1. The molecule has 0 saturated carbocycles. The number of carboxylic acids is 1. The van der Waals surface area contributed by atoms with Crippen LogP contribution in [0.25, 0.3) is 5.52 Å². The van der Waals surface area contributed by atoms with Crippen LogP contribution in [-0.2, 0) is 21.4 Å². The van der Waals surface area contributed by atoms with Gasteiger partial charge in [-0.05, 0) is 29.8 Å². The summed E-state index contributed by atoms with van der Waals surface area (Å²) < 4.78 is 28.2. The number of aromatic nitrogens is 1. The molecule has 0 saturated heterocycles. The molecule has 13 heteroatoms. The first kappa shape index (κ1) is 24.4. The molecule has 34 heavy (non-hydrogen) atoms. The van der Waals surface area contributed by atoms with Gasteiger partial charge in [0.05, 0.1) is 11.4 Å². The molecule has 0 aliphatic carbocycles. The van der Waals surface area contributed by atoms with Crippen molar-refractivity contribution in [2.24, 2.45) is 16.5 Å². The van der Waals surface area contributed by atoms with Gasteiger partial charge in [0.1, 0.15) is 6.04 Å². The standard InChI is InChI=1S/C21H22N6O6S/c22-21(23)25-10-13-6-7-15-8-14(9-18(28)27(15)12-13)19(29)24-11-17(20(30)31)26-34(32,33)16-4-2-1-3-5-16/h1-9,12,17,26H,10-11H2,(H,24,29)(H,30,31)(H4,22,23,25)/t17-/m0/s1. The fourth-order valence-electron chi connectivity index (χ4n) is 3.01. The Kier molecular flexibility index (Phi) is 7.28. The molecule has 12 nitrogen and oxygen atoms in total. The van der Waals surface area contributed by atoms with Gasteiger partial charge in [-0.3, -0.25) is 18.8 Å². The molecule has 178 valence electrons. The maximum atomic E-state index is 12.6. The quantitative estimate of drug-likeness (QED) is 0.192. The molecule has 1 atom stereocenters. The van der Waals surface area contributed by atoms with Gasteiger partial charge in [0.2, 0.25) is 10.0 Å². The highest BCUT2D eigenvalue weighted by Crippen LogP contribution is 2.10. The predicted molar refractivity (Wildman–Crippen MR) is 124 cm³/mol. The van der Waals surface area contributed by atoms with E-state index >= 15 is 0 Å². The molecule has 0 unspecified atom stereocenters. The highest BCUT2D eigenvalue weighted by atomic mass is 32.2. The normalized spacial score (nSPS) is 12.1. The van der Waals surface area contributed by atoms with Crippen LogP contribution in [0.15, 0.2) is 75.5 Å². The van der Waals surface area contributed by atoms with Gasteiger partial charge < -0.3 is 21.9 Å². The lowest BCUT2D eigenvalue weighted by molar-refractivity contribution is -0.138. The van der Waals surface area contributed by atoms with Crippen molar-refractivity contribution >= 4 is 33.4 Å². The van der Waals surface area contributed by atoms with Crippen molar-refractivity contribution in [2.45, 2.75) is 17.5 Å². The first-order chi connectivity index (χ1) is 16.1. The highest BCUT2D eigenvalue weighted by molar-refractivity contribution is 7.89. The second-order valence-electron chi connectivity index (χ2n) is 7.19. The van der Waals surface area contributed by atoms with Gasteiger partial charge >= 0.3 is 5.97 Å². The van der Waals surface area contributed by atoms with Crippen LogP contribution in [0.3, 0.4) is 0 Å². The zero-order valence-corrected chi connectivity index (χ0v) is 18.5. The Morgan fingerprint density at radius 3 is 2.44 bits per heavy atom. The van der Waals surface area contributed by atoms with Gasteiger partial charge in [-0.1, -0.05) is 24.3 Å². The summed E-state index contributed by atoms with van der Waals surface area (Å²) in [7, 11) is -4.13. The Bertz CT molecular complexity index is 1410. The van der Waals surface area contributed by atoms with E-state index in [-0.39, 0.29) is 23.0 Å². The van der Waals surface area contributed by atoms with E-state index in [9.17, 15) is 27.9 Å². The van der Waals surface area contributed by atoms with Gasteiger partial charge in [0.15, 0.2) is 5.96 Å². The Hall–Kier alpha value is -4.23. The lowest BCUT2D eigenvalue weighted by Crippen LogP contribution is -2.48.